The zero-order chi connectivity index (χ0) is 25.3. The number of methoxy groups -OCH3 is 1. The van der Waals surface area contributed by atoms with Gasteiger partial charge in [0.1, 0.15) is 17.1 Å². The highest BCUT2D eigenvalue weighted by molar-refractivity contribution is 7.98. The predicted molar refractivity (Wildman–Crippen MR) is 137 cm³/mol. The first kappa shape index (κ1) is 24.6. The Kier molecular flexibility index (Phi) is 6.76. The molecule has 1 heterocycles. The van der Waals surface area contributed by atoms with Gasteiger partial charge < -0.3 is 19.7 Å². The summed E-state index contributed by atoms with van der Waals surface area (Å²) in [5, 5.41) is 3.31. The smallest absolute Gasteiger partial charge is 0.294 e. The Balaban J connectivity index is 2.05. The van der Waals surface area contributed by atoms with Gasteiger partial charge in [-0.2, -0.15) is 0 Å². The zero-order valence-corrected chi connectivity index (χ0v) is 21.0. The molecule has 3 aromatic rings. The van der Waals surface area contributed by atoms with Crippen LogP contribution in [-0.2, 0) is 14.3 Å². The Labute approximate surface area is 208 Å². The SMILES string of the molecule is COc1cc(F)ccc1-c1ccc2c(c1C(OC=O)c1ccc(SC)cc1)N(C)C(=O)C(C)(C)N2. The first-order valence-corrected chi connectivity index (χ1v) is 12.2. The summed E-state index contributed by atoms with van der Waals surface area (Å²) in [6.07, 6.45) is 1.15. The molecule has 35 heavy (non-hydrogen) atoms. The van der Waals surface area contributed by atoms with Gasteiger partial charge in [0.05, 0.1) is 18.5 Å². The zero-order valence-electron chi connectivity index (χ0n) is 20.2. The molecule has 0 fully saturated rings. The molecule has 1 atom stereocenters. The molecular formula is C27H27FN2O4S. The van der Waals surface area contributed by atoms with Gasteiger partial charge in [-0.1, -0.05) is 18.2 Å². The summed E-state index contributed by atoms with van der Waals surface area (Å²) in [4.78, 5) is 27.6. The van der Waals surface area contributed by atoms with Gasteiger partial charge in [0.2, 0.25) is 0 Å². The van der Waals surface area contributed by atoms with E-state index in [0.717, 1.165) is 16.1 Å². The van der Waals surface area contributed by atoms with Crippen molar-refractivity contribution in [3.63, 3.8) is 0 Å². The number of thioether (sulfide) groups is 1. The summed E-state index contributed by atoms with van der Waals surface area (Å²) in [6.45, 7) is 4.03. The van der Waals surface area contributed by atoms with Crippen molar-refractivity contribution in [2.45, 2.75) is 30.4 Å². The molecule has 0 radical (unpaired) electrons. The third kappa shape index (κ3) is 4.46. The van der Waals surface area contributed by atoms with Crippen molar-refractivity contribution in [2.75, 3.05) is 30.6 Å². The number of likely N-dealkylation sites (N-methyl/N-ethyl adjacent to an activating group) is 1. The first-order chi connectivity index (χ1) is 16.7. The highest BCUT2D eigenvalue weighted by Crippen LogP contribution is 2.48. The van der Waals surface area contributed by atoms with Crippen LogP contribution in [0.3, 0.4) is 0 Å². The molecule has 3 aromatic carbocycles. The number of anilines is 2. The molecule has 182 valence electrons. The molecule has 6 nitrogen and oxygen atoms in total. The van der Waals surface area contributed by atoms with Gasteiger partial charge in [-0.3, -0.25) is 9.59 Å². The van der Waals surface area contributed by atoms with E-state index in [4.69, 9.17) is 9.47 Å². The van der Waals surface area contributed by atoms with Gasteiger partial charge in [0.25, 0.3) is 12.4 Å². The van der Waals surface area contributed by atoms with E-state index in [1.807, 2.05) is 56.5 Å². The lowest BCUT2D eigenvalue weighted by Crippen LogP contribution is -2.52. The Morgan fingerprint density at radius 1 is 1.09 bits per heavy atom. The van der Waals surface area contributed by atoms with E-state index in [2.05, 4.69) is 5.32 Å². The van der Waals surface area contributed by atoms with Crippen LogP contribution in [0.5, 0.6) is 5.75 Å². The Bertz CT molecular complexity index is 1280. The minimum absolute atomic E-state index is 0.142. The number of hydrogen-bond donors (Lipinski definition) is 1. The number of halogens is 1. The average Bonchev–Trinajstić information content (AvgIpc) is 2.85. The Morgan fingerprint density at radius 2 is 1.77 bits per heavy atom. The van der Waals surface area contributed by atoms with E-state index in [-0.39, 0.29) is 5.91 Å². The number of benzene rings is 3. The minimum Gasteiger partial charge on any atom is -0.496 e. The molecule has 1 unspecified atom stereocenters. The molecule has 1 aliphatic heterocycles. The largest absolute Gasteiger partial charge is 0.496 e. The number of ether oxygens (including phenoxy) is 2. The van der Waals surface area contributed by atoms with E-state index in [0.29, 0.717) is 34.6 Å². The molecule has 1 aliphatic rings. The fourth-order valence-electron chi connectivity index (χ4n) is 4.52. The maximum Gasteiger partial charge on any atom is 0.294 e. The number of amides is 1. The number of fused-ring (bicyclic) bond motifs is 1. The number of nitrogens with zero attached hydrogens (tertiary/aromatic N) is 1. The number of nitrogens with one attached hydrogen (secondary N) is 1. The summed E-state index contributed by atoms with van der Waals surface area (Å²) >= 11 is 1.60. The van der Waals surface area contributed by atoms with Gasteiger partial charge >= 0.3 is 0 Å². The molecule has 0 aromatic heterocycles. The van der Waals surface area contributed by atoms with Crippen molar-refractivity contribution in [2.24, 2.45) is 0 Å². The number of carbonyl (C=O) groups is 2. The fourth-order valence-corrected chi connectivity index (χ4v) is 4.92. The van der Waals surface area contributed by atoms with Crippen LogP contribution >= 0.6 is 11.8 Å². The molecule has 8 heteroatoms. The molecule has 0 aliphatic carbocycles. The standard InChI is InChI=1S/C27H27FN2O4S/c1-27(2)26(32)30(3)24-21(29-27)13-12-20(19-11-8-17(28)14-22(19)33-4)23(24)25(34-15-31)16-6-9-18(35-5)10-7-16/h6-15,25,29H,1-5H3. The lowest BCUT2D eigenvalue weighted by atomic mass is 9.87. The highest BCUT2D eigenvalue weighted by atomic mass is 32.2. The molecular weight excluding hydrogens is 467 g/mol. The summed E-state index contributed by atoms with van der Waals surface area (Å²) < 4.78 is 25.2. The predicted octanol–water partition coefficient (Wildman–Crippen LogP) is 5.65. The van der Waals surface area contributed by atoms with Crippen molar-refractivity contribution in [1.82, 2.24) is 0 Å². The van der Waals surface area contributed by atoms with Gasteiger partial charge in [0.15, 0.2) is 6.10 Å². The summed E-state index contributed by atoms with van der Waals surface area (Å²) in [5.41, 5.74) is 3.07. The second-order valence-corrected chi connectivity index (χ2v) is 9.65. The first-order valence-electron chi connectivity index (χ1n) is 11.0. The Hall–Kier alpha value is -3.52. The monoisotopic (exact) mass is 494 g/mol. The molecule has 0 saturated carbocycles. The number of carbonyl (C=O) groups excluding carboxylic acids is 2. The summed E-state index contributed by atoms with van der Waals surface area (Å²) in [7, 11) is 3.17. The van der Waals surface area contributed by atoms with Crippen molar-refractivity contribution < 1.29 is 23.5 Å². The van der Waals surface area contributed by atoms with Crippen LogP contribution in [0, 0.1) is 5.82 Å². The van der Waals surface area contributed by atoms with Crippen molar-refractivity contribution in [3.05, 3.63) is 71.5 Å². The molecule has 1 amide bonds. The topological polar surface area (TPSA) is 67.9 Å². The summed E-state index contributed by atoms with van der Waals surface area (Å²) in [5.74, 6) is -0.252. The third-order valence-electron chi connectivity index (χ3n) is 6.17. The van der Waals surface area contributed by atoms with Crippen LogP contribution in [0.25, 0.3) is 11.1 Å². The van der Waals surface area contributed by atoms with Crippen LogP contribution in [0.2, 0.25) is 0 Å². The van der Waals surface area contributed by atoms with E-state index in [1.54, 1.807) is 29.8 Å². The number of rotatable bonds is 7. The van der Waals surface area contributed by atoms with Gasteiger partial charge in [-0.15, -0.1) is 11.8 Å². The molecule has 0 saturated heterocycles. The second kappa shape index (κ2) is 9.62. The molecule has 0 spiro atoms. The molecule has 1 N–H and O–H groups in total. The second-order valence-electron chi connectivity index (χ2n) is 8.77. The van der Waals surface area contributed by atoms with Crippen molar-refractivity contribution in [1.29, 1.82) is 0 Å². The van der Waals surface area contributed by atoms with Gasteiger partial charge in [-0.25, -0.2) is 4.39 Å². The number of hydrogen-bond acceptors (Lipinski definition) is 6. The molecule has 0 bridgehead atoms. The maximum absolute atomic E-state index is 14.0. The quantitative estimate of drug-likeness (QED) is 0.338. The van der Waals surface area contributed by atoms with Crippen LogP contribution in [-0.4, -0.2) is 38.3 Å². The van der Waals surface area contributed by atoms with Crippen LogP contribution in [0.4, 0.5) is 15.8 Å². The minimum atomic E-state index is -0.832. The molecule has 4 rings (SSSR count). The maximum atomic E-state index is 14.0. The van der Waals surface area contributed by atoms with E-state index in [9.17, 15) is 14.0 Å². The summed E-state index contributed by atoms with van der Waals surface area (Å²) in [6, 6.07) is 15.7. The van der Waals surface area contributed by atoms with Gasteiger partial charge in [-0.05, 0) is 61.6 Å². The van der Waals surface area contributed by atoms with Crippen molar-refractivity contribution in [3.8, 4) is 16.9 Å². The van der Waals surface area contributed by atoms with E-state index in [1.165, 1.54) is 19.2 Å². The lowest BCUT2D eigenvalue weighted by molar-refractivity contribution is -0.132. The lowest BCUT2D eigenvalue weighted by Gasteiger charge is -2.40. The Morgan fingerprint density at radius 3 is 2.40 bits per heavy atom. The van der Waals surface area contributed by atoms with E-state index >= 15 is 0 Å². The van der Waals surface area contributed by atoms with Crippen molar-refractivity contribution >= 4 is 35.5 Å². The van der Waals surface area contributed by atoms with Crippen LogP contribution < -0.4 is 15.0 Å². The highest BCUT2D eigenvalue weighted by Gasteiger charge is 2.40. The van der Waals surface area contributed by atoms with Crippen LogP contribution in [0.1, 0.15) is 31.1 Å². The van der Waals surface area contributed by atoms with Crippen LogP contribution in [0.15, 0.2) is 59.5 Å². The van der Waals surface area contributed by atoms with Gasteiger partial charge in [0, 0.05) is 29.1 Å². The average molecular weight is 495 g/mol. The normalized spacial score (nSPS) is 15.1. The third-order valence-corrected chi connectivity index (χ3v) is 6.91. The van der Waals surface area contributed by atoms with E-state index < -0.39 is 17.5 Å². The fraction of sp³-hybridized carbons (Fsp3) is 0.259.